The first-order chi connectivity index (χ1) is 12.2. The van der Waals surface area contributed by atoms with Crippen molar-refractivity contribution in [3.05, 3.63) is 0 Å². The fourth-order valence-corrected chi connectivity index (χ4v) is 2.85. The molecule has 0 radical (unpaired) electrons. The maximum absolute atomic E-state index is 11.8. The number of nitrogens with zero attached hydrogens (tertiary/aromatic N) is 1. The van der Waals surface area contributed by atoms with Crippen molar-refractivity contribution in [3.8, 4) is 6.07 Å². The number of aliphatic hydroxyl groups excluding tert-OH is 2. The van der Waals surface area contributed by atoms with E-state index in [1.807, 2.05) is 6.07 Å². The van der Waals surface area contributed by atoms with E-state index >= 15 is 0 Å². The number of nitrogens with one attached hydrogen (secondary N) is 1. The van der Waals surface area contributed by atoms with Crippen LogP contribution in [0.2, 0.25) is 0 Å². The molecular formula is C20H38N2O3. The van der Waals surface area contributed by atoms with E-state index in [9.17, 15) is 9.90 Å². The average Bonchev–Trinajstić information content (AvgIpc) is 2.63. The van der Waals surface area contributed by atoms with Gasteiger partial charge in [-0.05, 0) is 6.42 Å². The minimum atomic E-state index is -0.963. The third-order valence-electron chi connectivity index (χ3n) is 4.54. The topological polar surface area (TPSA) is 93.4 Å². The van der Waals surface area contributed by atoms with Gasteiger partial charge in [-0.1, -0.05) is 84.0 Å². The van der Waals surface area contributed by atoms with Gasteiger partial charge in [0.25, 0.3) is 0 Å². The molecule has 0 aliphatic heterocycles. The van der Waals surface area contributed by atoms with Crippen LogP contribution < -0.4 is 5.32 Å². The second-order valence-corrected chi connectivity index (χ2v) is 6.94. The van der Waals surface area contributed by atoms with E-state index in [1.54, 1.807) is 0 Å². The van der Waals surface area contributed by atoms with Gasteiger partial charge in [0.05, 0.1) is 18.8 Å². The van der Waals surface area contributed by atoms with Crippen LogP contribution in [0.4, 0.5) is 0 Å². The van der Waals surface area contributed by atoms with Gasteiger partial charge in [-0.25, -0.2) is 0 Å². The standard InChI is InChI=1S/C20H38N2O3/c1-2-3-4-5-6-7-8-9-10-11-12-13-14-18(15-21)20(25)22-16-19(24)17-23/h18-19,23-24H,2-14,16-17H2,1H3,(H,22,25). The highest BCUT2D eigenvalue weighted by molar-refractivity contribution is 5.80. The Morgan fingerprint density at radius 1 is 0.960 bits per heavy atom. The molecule has 0 saturated heterocycles. The number of nitriles is 1. The third-order valence-corrected chi connectivity index (χ3v) is 4.54. The van der Waals surface area contributed by atoms with E-state index in [0.717, 1.165) is 12.8 Å². The van der Waals surface area contributed by atoms with Gasteiger partial charge in [0.1, 0.15) is 5.92 Å². The summed E-state index contributed by atoms with van der Waals surface area (Å²) in [6.45, 7) is 1.84. The molecule has 1 amide bonds. The molecule has 0 rings (SSSR count). The van der Waals surface area contributed by atoms with Crippen molar-refractivity contribution in [1.82, 2.24) is 5.32 Å². The monoisotopic (exact) mass is 354 g/mol. The SMILES string of the molecule is CCCCCCCCCCCCCCC(C#N)C(=O)NCC(O)CO. The highest BCUT2D eigenvalue weighted by atomic mass is 16.3. The van der Waals surface area contributed by atoms with Gasteiger partial charge in [-0.3, -0.25) is 4.79 Å². The van der Waals surface area contributed by atoms with E-state index in [1.165, 1.54) is 64.2 Å². The molecule has 0 aromatic heterocycles. The first-order valence-electron chi connectivity index (χ1n) is 10.1. The third kappa shape index (κ3) is 14.9. The van der Waals surface area contributed by atoms with Gasteiger partial charge < -0.3 is 15.5 Å². The minimum Gasteiger partial charge on any atom is -0.394 e. The Morgan fingerprint density at radius 2 is 1.44 bits per heavy atom. The number of carbonyl (C=O) groups excluding carboxylic acids is 1. The van der Waals surface area contributed by atoms with Crippen LogP contribution in [0.25, 0.3) is 0 Å². The summed E-state index contributed by atoms with van der Waals surface area (Å²) in [5.41, 5.74) is 0. The van der Waals surface area contributed by atoms with Gasteiger partial charge in [-0.2, -0.15) is 5.26 Å². The lowest BCUT2D eigenvalue weighted by atomic mass is 10.00. The lowest BCUT2D eigenvalue weighted by Gasteiger charge is -2.12. The molecule has 0 aromatic carbocycles. The zero-order valence-corrected chi connectivity index (χ0v) is 16.0. The second kappa shape index (κ2) is 17.7. The number of hydrogen-bond donors (Lipinski definition) is 3. The molecule has 0 saturated carbocycles. The molecule has 0 bridgehead atoms. The fourth-order valence-electron chi connectivity index (χ4n) is 2.85. The van der Waals surface area contributed by atoms with Crippen LogP contribution in [0.1, 0.15) is 90.4 Å². The zero-order chi connectivity index (χ0) is 18.8. The van der Waals surface area contributed by atoms with Crippen molar-refractivity contribution < 1.29 is 15.0 Å². The minimum absolute atomic E-state index is 0.00798. The zero-order valence-electron chi connectivity index (χ0n) is 16.0. The van der Waals surface area contributed by atoms with Crippen molar-refractivity contribution >= 4 is 5.91 Å². The van der Waals surface area contributed by atoms with Gasteiger partial charge in [-0.15, -0.1) is 0 Å². The van der Waals surface area contributed by atoms with Crippen molar-refractivity contribution in [2.45, 2.75) is 96.5 Å². The first kappa shape index (κ1) is 23.9. The number of aliphatic hydroxyl groups is 2. The number of hydrogen-bond acceptors (Lipinski definition) is 4. The number of carbonyl (C=O) groups is 1. The maximum Gasteiger partial charge on any atom is 0.237 e. The predicted octanol–water partition coefficient (Wildman–Crippen LogP) is 3.69. The first-order valence-corrected chi connectivity index (χ1v) is 10.1. The van der Waals surface area contributed by atoms with Gasteiger partial charge in [0.2, 0.25) is 5.91 Å². The lowest BCUT2D eigenvalue weighted by molar-refractivity contribution is -0.124. The lowest BCUT2D eigenvalue weighted by Crippen LogP contribution is -2.37. The van der Waals surface area contributed by atoms with Gasteiger partial charge in [0.15, 0.2) is 0 Å². The Labute approximate surface area is 153 Å². The molecule has 25 heavy (non-hydrogen) atoms. The van der Waals surface area contributed by atoms with Gasteiger partial charge >= 0.3 is 0 Å². The van der Waals surface area contributed by atoms with Crippen LogP contribution in [0, 0.1) is 17.2 Å². The normalized spacial score (nSPS) is 13.2. The highest BCUT2D eigenvalue weighted by Gasteiger charge is 2.17. The van der Waals surface area contributed by atoms with Crippen LogP contribution in [0.3, 0.4) is 0 Å². The molecule has 0 heterocycles. The van der Waals surface area contributed by atoms with Crippen LogP contribution in [0.5, 0.6) is 0 Å². The van der Waals surface area contributed by atoms with Crippen molar-refractivity contribution in [3.63, 3.8) is 0 Å². The Hall–Kier alpha value is -1.12. The van der Waals surface area contributed by atoms with E-state index in [4.69, 9.17) is 10.4 Å². The molecule has 0 fully saturated rings. The maximum atomic E-state index is 11.8. The van der Waals surface area contributed by atoms with Crippen LogP contribution >= 0.6 is 0 Å². The summed E-state index contributed by atoms with van der Waals surface area (Å²) in [4.78, 5) is 11.8. The number of rotatable bonds is 17. The predicted molar refractivity (Wildman–Crippen MR) is 101 cm³/mol. The summed E-state index contributed by atoms with van der Waals surface area (Å²) in [7, 11) is 0. The van der Waals surface area contributed by atoms with Crippen LogP contribution in [0.15, 0.2) is 0 Å². The second-order valence-electron chi connectivity index (χ2n) is 6.94. The smallest absolute Gasteiger partial charge is 0.237 e. The quantitative estimate of drug-likeness (QED) is 0.347. The number of unbranched alkanes of at least 4 members (excludes halogenated alkanes) is 11. The molecule has 5 nitrogen and oxygen atoms in total. The summed E-state index contributed by atoms with van der Waals surface area (Å²) >= 11 is 0. The Kier molecular flexibility index (Phi) is 16.9. The van der Waals surface area contributed by atoms with E-state index in [0.29, 0.717) is 6.42 Å². The summed E-state index contributed by atoms with van der Waals surface area (Å²) in [5, 5.41) is 29.5. The fraction of sp³-hybridized carbons (Fsp3) is 0.900. The van der Waals surface area contributed by atoms with Crippen molar-refractivity contribution in [2.24, 2.45) is 5.92 Å². The number of amides is 1. The molecule has 146 valence electrons. The Morgan fingerprint density at radius 3 is 1.88 bits per heavy atom. The van der Waals surface area contributed by atoms with Crippen molar-refractivity contribution in [2.75, 3.05) is 13.2 Å². The molecule has 0 spiro atoms. The average molecular weight is 355 g/mol. The van der Waals surface area contributed by atoms with E-state index in [2.05, 4.69) is 12.2 Å². The van der Waals surface area contributed by atoms with Crippen LogP contribution in [-0.2, 0) is 4.79 Å². The molecule has 0 aliphatic rings. The van der Waals surface area contributed by atoms with E-state index < -0.39 is 18.6 Å². The molecule has 5 heteroatoms. The van der Waals surface area contributed by atoms with E-state index in [-0.39, 0.29) is 12.5 Å². The van der Waals surface area contributed by atoms with Crippen LogP contribution in [-0.4, -0.2) is 35.4 Å². The largest absolute Gasteiger partial charge is 0.394 e. The molecular weight excluding hydrogens is 316 g/mol. The van der Waals surface area contributed by atoms with Gasteiger partial charge in [0, 0.05) is 6.54 Å². The summed E-state index contributed by atoms with van der Waals surface area (Å²) in [6, 6.07) is 2.03. The van der Waals surface area contributed by atoms with Crippen molar-refractivity contribution in [1.29, 1.82) is 5.26 Å². The summed E-state index contributed by atoms with van der Waals surface area (Å²) < 4.78 is 0. The molecule has 3 N–H and O–H groups in total. The summed E-state index contributed by atoms with van der Waals surface area (Å²) in [6.07, 6.45) is 14.7. The molecule has 2 atom stereocenters. The highest BCUT2D eigenvalue weighted by Crippen LogP contribution is 2.14. The Balaban J connectivity index is 3.50. The summed E-state index contributed by atoms with van der Waals surface area (Å²) in [5.74, 6) is -1.01. The molecule has 2 unspecified atom stereocenters. The molecule has 0 aliphatic carbocycles. The Bertz CT molecular complexity index is 355. The molecule has 0 aromatic rings.